The Morgan fingerprint density at radius 2 is 2.11 bits per heavy atom. The quantitative estimate of drug-likeness (QED) is 0.843. The van der Waals surface area contributed by atoms with E-state index in [1.165, 1.54) is 0 Å². The van der Waals surface area contributed by atoms with Crippen molar-refractivity contribution in [3.05, 3.63) is 28.2 Å². The summed E-state index contributed by atoms with van der Waals surface area (Å²) in [6.07, 6.45) is 0. The maximum atomic E-state index is 11.6. The lowest BCUT2D eigenvalue weighted by Gasteiger charge is -2.14. The standard InChI is InChI=1S/C14H21BrN2O2/c1-9(2)7-17-14(18)8-19-13-5-4-11(15)6-12(13)10(3)16/h4-6,9-10H,7-8,16H2,1-3H3,(H,17,18)/t10-/m1/s1. The maximum absolute atomic E-state index is 11.6. The average molecular weight is 329 g/mol. The summed E-state index contributed by atoms with van der Waals surface area (Å²) >= 11 is 3.40. The number of nitrogens with two attached hydrogens (primary N) is 1. The van der Waals surface area contributed by atoms with Gasteiger partial charge in [0.1, 0.15) is 5.75 Å². The first-order valence-electron chi connectivity index (χ1n) is 6.34. The number of halogens is 1. The van der Waals surface area contributed by atoms with Gasteiger partial charge in [-0.25, -0.2) is 0 Å². The molecule has 4 nitrogen and oxygen atoms in total. The second kappa shape index (κ2) is 7.50. The third kappa shape index (κ3) is 5.61. The normalized spacial score (nSPS) is 12.3. The molecule has 0 radical (unpaired) electrons. The van der Waals surface area contributed by atoms with Gasteiger partial charge >= 0.3 is 0 Å². The van der Waals surface area contributed by atoms with E-state index in [2.05, 4.69) is 21.2 Å². The third-order valence-corrected chi connectivity index (χ3v) is 3.02. The molecule has 106 valence electrons. The molecule has 0 aliphatic rings. The molecule has 0 fully saturated rings. The predicted octanol–water partition coefficient (Wildman–Crippen LogP) is 2.62. The van der Waals surface area contributed by atoms with Crippen LogP contribution in [0.25, 0.3) is 0 Å². The highest BCUT2D eigenvalue weighted by atomic mass is 79.9. The molecule has 1 aromatic rings. The maximum Gasteiger partial charge on any atom is 0.257 e. The van der Waals surface area contributed by atoms with Crippen LogP contribution in [0.4, 0.5) is 0 Å². The zero-order chi connectivity index (χ0) is 14.4. The lowest BCUT2D eigenvalue weighted by molar-refractivity contribution is -0.123. The summed E-state index contributed by atoms with van der Waals surface area (Å²) in [5.74, 6) is 0.960. The van der Waals surface area contributed by atoms with Crippen LogP contribution < -0.4 is 15.8 Å². The van der Waals surface area contributed by atoms with E-state index in [9.17, 15) is 4.79 Å². The van der Waals surface area contributed by atoms with Gasteiger partial charge in [0.25, 0.3) is 5.91 Å². The summed E-state index contributed by atoms with van der Waals surface area (Å²) in [5, 5.41) is 2.81. The van der Waals surface area contributed by atoms with Gasteiger partial charge in [0.2, 0.25) is 0 Å². The van der Waals surface area contributed by atoms with E-state index in [1.54, 1.807) is 0 Å². The number of carbonyl (C=O) groups excluding carboxylic acids is 1. The number of ether oxygens (including phenoxy) is 1. The van der Waals surface area contributed by atoms with Gasteiger partial charge in [-0.15, -0.1) is 0 Å². The highest BCUT2D eigenvalue weighted by molar-refractivity contribution is 9.10. The minimum Gasteiger partial charge on any atom is -0.483 e. The molecule has 1 atom stereocenters. The molecule has 3 N–H and O–H groups in total. The largest absolute Gasteiger partial charge is 0.483 e. The molecular weight excluding hydrogens is 308 g/mol. The predicted molar refractivity (Wildman–Crippen MR) is 80.1 cm³/mol. The van der Waals surface area contributed by atoms with Crippen molar-refractivity contribution in [2.45, 2.75) is 26.8 Å². The van der Waals surface area contributed by atoms with E-state index in [0.717, 1.165) is 10.0 Å². The molecule has 1 aromatic carbocycles. The molecule has 0 aromatic heterocycles. The number of hydrogen-bond donors (Lipinski definition) is 2. The van der Waals surface area contributed by atoms with E-state index in [4.69, 9.17) is 10.5 Å². The molecule has 0 unspecified atom stereocenters. The van der Waals surface area contributed by atoms with Crippen LogP contribution in [0.3, 0.4) is 0 Å². The van der Waals surface area contributed by atoms with Crippen molar-refractivity contribution in [3.8, 4) is 5.75 Å². The Bertz CT molecular complexity index is 433. The van der Waals surface area contributed by atoms with Crippen LogP contribution in [0, 0.1) is 5.92 Å². The molecule has 1 amide bonds. The van der Waals surface area contributed by atoms with E-state index >= 15 is 0 Å². The Kier molecular flexibility index (Phi) is 6.31. The fourth-order valence-electron chi connectivity index (χ4n) is 1.52. The third-order valence-electron chi connectivity index (χ3n) is 2.53. The van der Waals surface area contributed by atoms with Gasteiger partial charge in [-0.05, 0) is 31.0 Å². The zero-order valence-electron chi connectivity index (χ0n) is 11.6. The van der Waals surface area contributed by atoms with Crippen molar-refractivity contribution in [2.24, 2.45) is 11.7 Å². The molecule has 0 saturated heterocycles. The summed E-state index contributed by atoms with van der Waals surface area (Å²) in [7, 11) is 0. The van der Waals surface area contributed by atoms with Crippen molar-refractivity contribution in [1.29, 1.82) is 0 Å². The topological polar surface area (TPSA) is 64.3 Å². The van der Waals surface area contributed by atoms with E-state index in [0.29, 0.717) is 18.2 Å². The minimum atomic E-state index is -0.147. The van der Waals surface area contributed by atoms with Crippen LogP contribution in [0.15, 0.2) is 22.7 Å². The van der Waals surface area contributed by atoms with Crippen LogP contribution in [0.1, 0.15) is 32.4 Å². The number of benzene rings is 1. The van der Waals surface area contributed by atoms with Crippen molar-refractivity contribution in [3.63, 3.8) is 0 Å². The van der Waals surface area contributed by atoms with Gasteiger partial charge in [-0.1, -0.05) is 29.8 Å². The fraction of sp³-hybridized carbons (Fsp3) is 0.500. The molecule has 0 aliphatic heterocycles. The molecule has 0 heterocycles. The Balaban J connectivity index is 2.60. The summed E-state index contributed by atoms with van der Waals surface area (Å²) in [5.41, 5.74) is 6.77. The highest BCUT2D eigenvalue weighted by Gasteiger charge is 2.10. The fourth-order valence-corrected chi connectivity index (χ4v) is 1.90. The first kappa shape index (κ1) is 16.0. The minimum absolute atomic E-state index is 0.00801. The van der Waals surface area contributed by atoms with Gasteiger partial charge < -0.3 is 15.8 Å². The van der Waals surface area contributed by atoms with E-state index in [-0.39, 0.29) is 18.6 Å². The summed E-state index contributed by atoms with van der Waals surface area (Å²) in [6, 6.07) is 5.45. The van der Waals surface area contributed by atoms with Crippen molar-refractivity contribution in [2.75, 3.05) is 13.2 Å². The Morgan fingerprint density at radius 1 is 1.42 bits per heavy atom. The van der Waals surface area contributed by atoms with Crippen LogP contribution in [0.2, 0.25) is 0 Å². The number of nitrogens with one attached hydrogen (secondary N) is 1. The monoisotopic (exact) mass is 328 g/mol. The lowest BCUT2D eigenvalue weighted by atomic mass is 10.1. The Hall–Kier alpha value is -1.07. The summed E-state index contributed by atoms with van der Waals surface area (Å²) < 4.78 is 6.48. The van der Waals surface area contributed by atoms with E-state index < -0.39 is 0 Å². The van der Waals surface area contributed by atoms with Crippen LogP contribution in [-0.4, -0.2) is 19.1 Å². The molecule has 5 heteroatoms. The number of amides is 1. The van der Waals surface area contributed by atoms with E-state index in [1.807, 2.05) is 39.0 Å². The lowest BCUT2D eigenvalue weighted by Crippen LogP contribution is -2.31. The highest BCUT2D eigenvalue weighted by Crippen LogP contribution is 2.27. The number of rotatable bonds is 6. The van der Waals surface area contributed by atoms with Gasteiger partial charge in [-0.3, -0.25) is 4.79 Å². The molecule has 1 rings (SSSR count). The molecule has 0 bridgehead atoms. The van der Waals surface area contributed by atoms with Gasteiger partial charge in [-0.2, -0.15) is 0 Å². The molecule has 0 spiro atoms. The average Bonchev–Trinajstić information content (AvgIpc) is 2.34. The Morgan fingerprint density at radius 3 is 2.68 bits per heavy atom. The van der Waals surface area contributed by atoms with Crippen molar-refractivity contribution in [1.82, 2.24) is 5.32 Å². The molecular formula is C14H21BrN2O2. The first-order valence-corrected chi connectivity index (χ1v) is 7.14. The Labute approximate surface area is 122 Å². The second-order valence-electron chi connectivity index (χ2n) is 4.96. The van der Waals surface area contributed by atoms with Crippen molar-refractivity contribution < 1.29 is 9.53 Å². The van der Waals surface area contributed by atoms with Crippen molar-refractivity contribution >= 4 is 21.8 Å². The zero-order valence-corrected chi connectivity index (χ0v) is 13.2. The molecule has 0 aliphatic carbocycles. The second-order valence-corrected chi connectivity index (χ2v) is 5.87. The van der Waals surface area contributed by atoms with Gasteiger partial charge in [0.15, 0.2) is 6.61 Å². The van der Waals surface area contributed by atoms with Crippen LogP contribution in [-0.2, 0) is 4.79 Å². The first-order chi connectivity index (χ1) is 8.90. The number of carbonyl (C=O) groups is 1. The van der Waals surface area contributed by atoms with Gasteiger partial charge in [0.05, 0.1) is 0 Å². The van der Waals surface area contributed by atoms with Crippen LogP contribution >= 0.6 is 15.9 Å². The number of hydrogen-bond acceptors (Lipinski definition) is 3. The smallest absolute Gasteiger partial charge is 0.257 e. The summed E-state index contributed by atoms with van der Waals surface area (Å²) in [4.78, 5) is 11.6. The summed E-state index contributed by atoms with van der Waals surface area (Å²) in [6.45, 7) is 6.64. The SMILES string of the molecule is CC(C)CNC(=O)COc1ccc(Br)cc1[C@@H](C)N. The molecule has 19 heavy (non-hydrogen) atoms. The molecule has 0 saturated carbocycles. The van der Waals surface area contributed by atoms with Gasteiger partial charge in [0, 0.05) is 22.6 Å². The van der Waals surface area contributed by atoms with Crippen LogP contribution in [0.5, 0.6) is 5.75 Å².